The van der Waals surface area contributed by atoms with Gasteiger partial charge in [0.25, 0.3) is 0 Å². The Kier molecular flexibility index (Phi) is 28.6. The Morgan fingerprint density at radius 2 is 1.17 bits per heavy atom. The molecular weight excluding hydrogens is 1020 g/mol. The molecule has 1 rings (SSSR count). The Morgan fingerprint density at radius 1 is 0.623 bits per heavy atom. The summed E-state index contributed by atoms with van der Waals surface area (Å²) in [6.45, 7) is 10.4. The van der Waals surface area contributed by atoms with Gasteiger partial charge in [-0.3, -0.25) is 62.9 Å². The summed E-state index contributed by atoms with van der Waals surface area (Å²) in [4.78, 5) is 169. The van der Waals surface area contributed by atoms with Crippen LogP contribution in [0.2, 0.25) is 0 Å². The van der Waals surface area contributed by atoms with Crippen LogP contribution in [0.3, 0.4) is 0 Å². The van der Waals surface area contributed by atoms with Crippen molar-refractivity contribution < 1.29 is 77.6 Å². The topological polar surface area (TPSA) is 508 Å². The van der Waals surface area contributed by atoms with Gasteiger partial charge in [0.2, 0.25) is 65.0 Å². The number of primary amides is 1. The van der Waals surface area contributed by atoms with Gasteiger partial charge in [-0.25, -0.2) is 4.79 Å². The zero-order valence-electron chi connectivity index (χ0n) is 44.6. The third kappa shape index (κ3) is 23.0. The molecule has 1 aliphatic heterocycles. The lowest BCUT2D eigenvalue weighted by atomic mass is 9.97. The van der Waals surface area contributed by atoms with E-state index < -0.39 is 181 Å². The molecule has 1 heterocycles. The fourth-order valence-electron chi connectivity index (χ4n) is 7.56. The monoisotopic (exact) mass is 1100 g/mol. The first-order chi connectivity index (χ1) is 35.9. The van der Waals surface area contributed by atoms with Crippen LogP contribution in [0.4, 0.5) is 0 Å². The summed E-state index contributed by atoms with van der Waals surface area (Å²) < 4.78 is 0. The summed E-state index contributed by atoms with van der Waals surface area (Å²) in [6, 6.07) is -13.9. The molecule has 0 aromatic heterocycles. The van der Waals surface area contributed by atoms with Gasteiger partial charge in [-0.1, -0.05) is 48.0 Å². The van der Waals surface area contributed by atoms with Gasteiger partial charge in [-0.15, -0.1) is 0 Å². The van der Waals surface area contributed by atoms with Crippen molar-refractivity contribution in [1.29, 1.82) is 5.41 Å². The standard InChI is InChI=1S/C46H79N15O16/c1-9-22(6)35(43(74)57-27(17-30(48)63)40(71)59-34(21(4)5)45(76)77)60-37(68)24(8)54-41(72)29-13-11-15-61(29)44(75)28(19-62)55-31(64)18-52-39(70)26(12-10-14-51-46(49)50)56-42(73)33(20(2)3)58-36(67)23(7)53-38(69)25(47)16-32(65)66/h20-29,33-35,62H,9-19,47H2,1-8H3,(H2,48,63)(H,52,70)(H,53,69)(H,54,72)(H,55,64)(H,56,73)(H,57,74)(H,58,67)(H,59,71)(H,60,68)(H,65,66)(H,76,77)(H4,49,50,51)/t22-,23-,24-,25-,26-,27-,28-,29-,33-,34-,35-/m0/s1. The molecule has 0 radical (unpaired) electrons. The van der Waals surface area contributed by atoms with Gasteiger partial charge in [0.1, 0.15) is 54.4 Å². The fourth-order valence-corrected chi connectivity index (χ4v) is 7.56. The van der Waals surface area contributed by atoms with Gasteiger partial charge in [0.05, 0.1) is 32.0 Å². The van der Waals surface area contributed by atoms with Crippen LogP contribution in [0.5, 0.6) is 0 Å². The minimum atomic E-state index is -1.63. The number of hydrogen-bond donors (Lipinski definition) is 17. The van der Waals surface area contributed by atoms with Crippen LogP contribution in [0, 0.1) is 23.2 Å². The first-order valence-corrected chi connectivity index (χ1v) is 25.0. The van der Waals surface area contributed by atoms with Gasteiger partial charge in [0.15, 0.2) is 5.96 Å². The summed E-state index contributed by atoms with van der Waals surface area (Å²) >= 11 is 0. The zero-order valence-corrected chi connectivity index (χ0v) is 44.6. The maximum atomic E-state index is 13.7. The molecule has 11 amide bonds. The quantitative estimate of drug-likeness (QED) is 0.0165. The third-order valence-corrected chi connectivity index (χ3v) is 12.2. The second-order valence-corrected chi connectivity index (χ2v) is 19.3. The maximum Gasteiger partial charge on any atom is 0.326 e. The molecule has 1 fully saturated rings. The van der Waals surface area contributed by atoms with Crippen molar-refractivity contribution >= 4 is 82.9 Å². The van der Waals surface area contributed by atoms with Crippen molar-refractivity contribution in [1.82, 2.24) is 58.1 Å². The molecule has 31 nitrogen and oxygen atoms in total. The highest BCUT2D eigenvalue weighted by Gasteiger charge is 2.40. The summed E-state index contributed by atoms with van der Waals surface area (Å²) in [5.41, 5.74) is 16.2. The number of amides is 11. The van der Waals surface area contributed by atoms with Crippen LogP contribution in [-0.4, -0.2) is 190 Å². The molecule has 0 aliphatic carbocycles. The number of carboxylic acid groups (broad SMARTS) is 2. The normalized spacial score (nSPS) is 16.9. The molecule has 77 heavy (non-hydrogen) atoms. The van der Waals surface area contributed by atoms with E-state index in [2.05, 4.69) is 53.2 Å². The summed E-state index contributed by atoms with van der Waals surface area (Å²) in [6.07, 6.45) is -0.645. The smallest absolute Gasteiger partial charge is 0.326 e. The van der Waals surface area contributed by atoms with Crippen molar-refractivity contribution in [3.05, 3.63) is 0 Å². The lowest BCUT2D eigenvalue weighted by Crippen LogP contribution is -2.60. The zero-order chi connectivity index (χ0) is 59.0. The highest BCUT2D eigenvalue weighted by atomic mass is 16.4. The molecular formula is C46H79N15O16. The van der Waals surface area contributed by atoms with Crippen LogP contribution in [0.25, 0.3) is 0 Å². The second kappa shape index (κ2) is 32.7. The minimum Gasteiger partial charge on any atom is -0.481 e. The lowest BCUT2D eigenvalue weighted by molar-refractivity contribution is -0.144. The molecule has 0 aromatic carbocycles. The largest absolute Gasteiger partial charge is 0.481 e. The first-order valence-electron chi connectivity index (χ1n) is 25.0. The number of carbonyl (C=O) groups excluding carboxylic acids is 11. The van der Waals surface area contributed by atoms with Gasteiger partial charge in [-0.2, -0.15) is 0 Å². The molecule has 31 heteroatoms. The average molecular weight is 1100 g/mol. The Bertz CT molecular complexity index is 2160. The summed E-state index contributed by atoms with van der Waals surface area (Å²) in [7, 11) is 0. The van der Waals surface area contributed by atoms with Crippen LogP contribution in [0.15, 0.2) is 0 Å². The van der Waals surface area contributed by atoms with Crippen molar-refractivity contribution in [3.63, 3.8) is 0 Å². The molecule has 0 saturated carbocycles. The Morgan fingerprint density at radius 3 is 1.69 bits per heavy atom. The van der Waals surface area contributed by atoms with Crippen LogP contribution < -0.4 is 70.4 Å². The van der Waals surface area contributed by atoms with E-state index in [4.69, 9.17) is 27.7 Å². The summed E-state index contributed by atoms with van der Waals surface area (Å²) in [5, 5.41) is 60.2. The molecule has 0 aromatic rings. The van der Waals surface area contributed by atoms with E-state index in [0.717, 1.165) is 4.90 Å². The van der Waals surface area contributed by atoms with Gasteiger partial charge in [0, 0.05) is 13.1 Å². The minimum absolute atomic E-state index is 0.00646. The highest BCUT2D eigenvalue weighted by molar-refractivity contribution is 5.99. The number of hydrogen-bond acceptors (Lipinski definition) is 16. The molecule has 434 valence electrons. The van der Waals surface area contributed by atoms with Crippen molar-refractivity contribution in [2.45, 2.75) is 161 Å². The molecule has 11 atom stereocenters. The Balaban J connectivity index is 3.10. The molecule has 0 spiro atoms. The number of rotatable bonds is 33. The molecule has 1 saturated heterocycles. The molecule has 1 aliphatic rings. The van der Waals surface area contributed by atoms with E-state index in [1.165, 1.54) is 27.7 Å². The number of carbonyl (C=O) groups is 13. The number of aliphatic hydroxyl groups excluding tert-OH is 1. The summed E-state index contributed by atoms with van der Waals surface area (Å²) in [5.74, 6) is -14.8. The van der Waals surface area contributed by atoms with E-state index in [0.29, 0.717) is 12.8 Å². The van der Waals surface area contributed by atoms with Gasteiger partial charge < -0.3 is 90.6 Å². The Hall–Kier alpha value is -7.70. The Labute approximate surface area is 445 Å². The number of guanidine groups is 1. The number of nitrogens with one attached hydrogen (secondary N) is 11. The van der Waals surface area contributed by atoms with E-state index in [-0.39, 0.29) is 38.3 Å². The van der Waals surface area contributed by atoms with Crippen LogP contribution in [-0.2, 0) is 62.3 Å². The predicted molar refractivity (Wildman–Crippen MR) is 272 cm³/mol. The van der Waals surface area contributed by atoms with Gasteiger partial charge in [-0.05, 0) is 57.3 Å². The van der Waals surface area contributed by atoms with Gasteiger partial charge >= 0.3 is 11.9 Å². The van der Waals surface area contributed by atoms with E-state index >= 15 is 0 Å². The maximum absolute atomic E-state index is 13.7. The molecule has 0 unspecified atom stereocenters. The highest BCUT2D eigenvalue weighted by Crippen LogP contribution is 2.19. The number of nitrogens with zero attached hydrogens (tertiary/aromatic N) is 1. The SMILES string of the molecule is CC[C@H](C)[C@H](NC(=O)[C@H](C)NC(=O)[C@@H]1CCCN1C(=O)[C@H](CO)NC(=O)CNC(=O)[C@H](CCCNC(=N)N)NC(=O)[C@@H](NC(=O)[C@H](C)NC(=O)[C@@H](N)CC(=O)O)C(C)C)C(=O)N[C@@H](CC(N)=O)C(=O)N[C@H](C(=O)O)C(C)C. The second-order valence-electron chi connectivity index (χ2n) is 19.3. The number of likely N-dealkylation sites (tertiary alicyclic amines) is 1. The van der Waals surface area contributed by atoms with Crippen molar-refractivity contribution in [3.8, 4) is 0 Å². The van der Waals surface area contributed by atoms with Crippen molar-refractivity contribution in [2.24, 2.45) is 35.0 Å². The number of aliphatic hydroxyl groups is 1. The number of carboxylic acids is 2. The van der Waals surface area contributed by atoms with E-state index in [9.17, 15) is 72.5 Å². The van der Waals surface area contributed by atoms with Crippen LogP contribution in [0.1, 0.15) is 100 Å². The molecule has 0 bridgehead atoms. The number of nitrogens with two attached hydrogens (primary N) is 3. The fraction of sp³-hybridized carbons (Fsp3) is 0.696. The van der Waals surface area contributed by atoms with Crippen LogP contribution >= 0.6 is 0 Å². The average Bonchev–Trinajstić information content (AvgIpc) is 3.84. The third-order valence-electron chi connectivity index (χ3n) is 12.2. The number of aliphatic carboxylic acids is 2. The molecule has 20 N–H and O–H groups in total. The van der Waals surface area contributed by atoms with E-state index in [1.54, 1.807) is 27.7 Å². The van der Waals surface area contributed by atoms with Crippen molar-refractivity contribution in [2.75, 3.05) is 26.2 Å². The first kappa shape index (κ1) is 67.3. The van der Waals surface area contributed by atoms with E-state index in [1.807, 2.05) is 0 Å². The predicted octanol–water partition coefficient (Wildman–Crippen LogP) is -6.61. The lowest BCUT2D eigenvalue weighted by Gasteiger charge is -2.30.